The van der Waals surface area contributed by atoms with E-state index in [0.717, 1.165) is 37.4 Å². The molecule has 0 amide bonds. The molecule has 1 fully saturated rings. The predicted octanol–water partition coefficient (Wildman–Crippen LogP) is 0.318. The van der Waals surface area contributed by atoms with Gasteiger partial charge in [-0.2, -0.15) is 0 Å². The monoisotopic (exact) mass is 192 g/mol. The van der Waals surface area contributed by atoms with Gasteiger partial charge in [0.2, 0.25) is 0 Å². The average Bonchev–Trinajstić information content (AvgIpc) is 2.51. The van der Waals surface area contributed by atoms with Gasteiger partial charge in [0.15, 0.2) is 0 Å². The minimum Gasteiger partial charge on any atom is -0.326 e. The van der Waals surface area contributed by atoms with Crippen molar-refractivity contribution in [3.63, 3.8) is 0 Å². The number of rotatable bonds is 2. The van der Waals surface area contributed by atoms with Crippen molar-refractivity contribution in [2.75, 3.05) is 13.1 Å². The number of hydrogen-bond donors (Lipinski definition) is 1. The van der Waals surface area contributed by atoms with Crippen LogP contribution in [0.4, 0.5) is 0 Å². The predicted molar refractivity (Wildman–Crippen MR) is 54.6 cm³/mol. The summed E-state index contributed by atoms with van der Waals surface area (Å²) in [6.45, 7) is 4.90. The molecule has 0 aliphatic carbocycles. The Hall–Kier alpha value is -1.00. The van der Waals surface area contributed by atoms with Gasteiger partial charge in [-0.15, -0.1) is 0 Å². The zero-order valence-electron chi connectivity index (χ0n) is 8.48. The van der Waals surface area contributed by atoms with Crippen molar-refractivity contribution in [3.05, 3.63) is 23.8 Å². The number of aryl methyl sites for hydroxylation is 1. The van der Waals surface area contributed by atoms with Crippen molar-refractivity contribution in [1.82, 2.24) is 14.9 Å². The van der Waals surface area contributed by atoms with Gasteiger partial charge in [0.05, 0.1) is 11.4 Å². The van der Waals surface area contributed by atoms with Crippen LogP contribution in [0.1, 0.15) is 17.8 Å². The van der Waals surface area contributed by atoms with Crippen molar-refractivity contribution in [3.8, 4) is 0 Å². The van der Waals surface area contributed by atoms with E-state index in [1.807, 2.05) is 13.1 Å². The molecule has 1 aliphatic rings. The van der Waals surface area contributed by atoms with E-state index < -0.39 is 0 Å². The van der Waals surface area contributed by atoms with Crippen LogP contribution in [0.25, 0.3) is 0 Å². The van der Waals surface area contributed by atoms with Crippen molar-refractivity contribution < 1.29 is 0 Å². The molecule has 14 heavy (non-hydrogen) atoms. The summed E-state index contributed by atoms with van der Waals surface area (Å²) < 4.78 is 0. The van der Waals surface area contributed by atoms with Crippen LogP contribution in [-0.4, -0.2) is 34.0 Å². The Balaban J connectivity index is 1.97. The Morgan fingerprint density at radius 3 is 3.07 bits per heavy atom. The maximum Gasteiger partial charge on any atom is 0.0730 e. The molecular weight excluding hydrogens is 176 g/mol. The van der Waals surface area contributed by atoms with Gasteiger partial charge in [0.1, 0.15) is 0 Å². The Morgan fingerprint density at radius 1 is 1.57 bits per heavy atom. The number of likely N-dealkylation sites (tertiary alicyclic amines) is 1. The molecule has 2 heterocycles. The highest BCUT2D eigenvalue weighted by Crippen LogP contribution is 2.10. The van der Waals surface area contributed by atoms with Gasteiger partial charge in [0.25, 0.3) is 0 Å². The summed E-state index contributed by atoms with van der Waals surface area (Å²) in [5.41, 5.74) is 7.85. The molecule has 4 heteroatoms. The summed E-state index contributed by atoms with van der Waals surface area (Å²) in [4.78, 5) is 10.9. The molecule has 1 saturated heterocycles. The lowest BCUT2D eigenvalue weighted by molar-refractivity contribution is 0.322. The van der Waals surface area contributed by atoms with Gasteiger partial charge in [0, 0.05) is 38.1 Å². The Labute approximate surface area is 84.2 Å². The number of nitrogens with zero attached hydrogens (tertiary/aromatic N) is 3. The van der Waals surface area contributed by atoms with Crippen molar-refractivity contribution in [1.29, 1.82) is 0 Å². The van der Waals surface area contributed by atoms with E-state index in [4.69, 9.17) is 5.73 Å². The van der Waals surface area contributed by atoms with Crippen molar-refractivity contribution in [2.45, 2.75) is 25.9 Å². The molecule has 0 bridgehead atoms. The minimum atomic E-state index is 0.341. The summed E-state index contributed by atoms with van der Waals surface area (Å²) in [7, 11) is 0. The SMILES string of the molecule is Cc1cncc(CN2CCC(N)C2)n1. The normalized spacial score (nSPS) is 22.9. The topological polar surface area (TPSA) is 55.0 Å². The lowest BCUT2D eigenvalue weighted by atomic mass is 10.3. The zero-order valence-corrected chi connectivity index (χ0v) is 8.48. The maximum atomic E-state index is 5.83. The van der Waals surface area contributed by atoms with Gasteiger partial charge < -0.3 is 5.73 Å². The smallest absolute Gasteiger partial charge is 0.0730 e. The van der Waals surface area contributed by atoms with Crippen LogP contribution < -0.4 is 5.73 Å². The Kier molecular flexibility index (Phi) is 2.74. The third kappa shape index (κ3) is 2.27. The fourth-order valence-electron chi connectivity index (χ4n) is 1.83. The molecule has 1 atom stereocenters. The van der Waals surface area contributed by atoms with E-state index in [0.29, 0.717) is 6.04 Å². The molecule has 76 valence electrons. The van der Waals surface area contributed by atoms with Crippen LogP contribution in [-0.2, 0) is 6.54 Å². The third-order valence-electron chi connectivity index (χ3n) is 2.50. The second-order valence-electron chi connectivity index (χ2n) is 3.94. The van der Waals surface area contributed by atoms with E-state index in [1.165, 1.54) is 0 Å². The van der Waals surface area contributed by atoms with Crippen LogP contribution in [0.2, 0.25) is 0 Å². The van der Waals surface area contributed by atoms with E-state index >= 15 is 0 Å². The van der Waals surface area contributed by atoms with Gasteiger partial charge in [-0.1, -0.05) is 0 Å². The van der Waals surface area contributed by atoms with Crippen LogP contribution >= 0.6 is 0 Å². The van der Waals surface area contributed by atoms with E-state index in [1.54, 1.807) is 6.20 Å². The summed E-state index contributed by atoms with van der Waals surface area (Å²) in [6.07, 6.45) is 4.70. The van der Waals surface area contributed by atoms with Gasteiger partial charge in [-0.25, -0.2) is 0 Å². The average molecular weight is 192 g/mol. The minimum absolute atomic E-state index is 0.341. The van der Waals surface area contributed by atoms with Gasteiger partial charge in [-0.3, -0.25) is 14.9 Å². The van der Waals surface area contributed by atoms with Crippen molar-refractivity contribution >= 4 is 0 Å². The molecule has 2 rings (SSSR count). The first-order valence-corrected chi connectivity index (χ1v) is 4.99. The Bertz CT molecular complexity index is 313. The first-order chi connectivity index (χ1) is 6.74. The molecule has 1 aromatic rings. The molecule has 2 N–H and O–H groups in total. The Morgan fingerprint density at radius 2 is 2.43 bits per heavy atom. The third-order valence-corrected chi connectivity index (χ3v) is 2.50. The zero-order chi connectivity index (χ0) is 9.97. The highest BCUT2D eigenvalue weighted by Gasteiger charge is 2.19. The lowest BCUT2D eigenvalue weighted by Gasteiger charge is -2.13. The molecule has 0 aromatic carbocycles. The number of aromatic nitrogens is 2. The molecule has 0 saturated carbocycles. The summed E-state index contributed by atoms with van der Waals surface area (Å²) >= 11 is 0. The van der Waals surface area contributed by atoms with Gasteiger partial charge in [-0.05, 0) is 13.3 Å². The van der Waals surface area contributed by atoms with Crippen molar-refractivity contribution in [2.24, 2.45) is 5.73 Å². The maximum absolute atomic E-state index is 5.83. The van der Waals surface area contributed by atoms with Crippen LogP contribution in [0.15, 0.2) is 12.4 Å². The second-order valence-corrected chi connectivity index (χ2v) is 3.94. The van der Waals surface area contributed by atoms with Crippen LogP contribution in [0, 0.1) is 6.92 Å². The standard InChI is InChI=1S/C10H16N4/c1-8-4-12-5-10(13-8)7-14-3-2-9(11)6-14/h4-5,9H,2-3,6-7,11H2,1H3. The van der Waals surface area contributed by atoms with Gasteiger partial charge >= 0.3 is 0 Å². The van der Waals surface area contributed by atoms with Crippen LogP contribution in [0.3, 0.4) is 0 Å². The molecule has 1 aromatic heterocycles. The summed E-state index contributed by atoms with van der Waals surface area (Å²) in [5.74, 6) is 0. The van der Waals surface area contributed by atoms with E-state index in [-0.39, 0.29) is 0 Å². The summed E-state index contributed by atoms with van der Waals surface area (Å²) in [6, 6.07) is 0.341. The molecule has 0 spiro atoms. The highest BCUT2D eigenvalue weighted by atomic mass is 15.2. The lowest BCUT2D eigenvalue weighted by Crippen LogP contribution is -2.26. The second kappa shape index (κ2) is 4.02. The largest absolute Gasteiger partial charge is 0.326 e. The van der Waals surface area contributed by atoms with E-state index in [9.17, 15) is 0 Å². The van der Waals surface area contributed by atoms with Crippen LogP contribution in [0.5, 0.6) is 0 Å². The first-order valence-electron chi connectivity index (χ1n) is 4.99. The number of nitrogens with two attached hydrogens (primary N) is 1. The number of hydrogen-bond acceptors (Lipinski definition) is 4. The quantitative estimate of drug-likeness (QED) is 0.733. The molecule has 1 aliphatic heterocycles. The molecular formula is C10H16N4. The molecule has 4 nitrogen and oxygen atoms in total. The fraction of sp³-hybridized carbons (Fsp3) is 0.600. The summed E-state index contributed by atoms with van der Waals surface area (Å²) in [5, 5.41) is 0. The fourth-order valence-corrected chi connectivity index (χ4v) is 1.83. The van der Waals surface area contributed by atoms with E-state index in [2.05, 4.69) is 14.9 Å². The molecule has 1 unspecified atom stereocenters. The molecule has 0 radical (unpaired) electrons. The highest BCUT2D eigenvalue weighted by molar-refractivity contribution is 5.01. The first kappa shape index (κ1) is 9.55.